The molecule has 1 rings (SSSR count). The molecule has 0 N–H and O–H groups in total. The van der Waals surface area contributed by atoms with Crippen molar-refractivity contribution in [2.75, 3.05) is 0 Å². The van der Waals surface area contributed by atoms with E-state index >= 15 is 0 Å². The van der Waals surface area contributed by atoms with Crippen LogP contribution < -0.4 is 0 Å². The zero-order valence-corrected chi connectivity index (χ0v) is 5.96. The second kappa shape index (κ2) is 3.15. The van der Waals surface area contributed by atoms with Crippen LogP contribution in [0.2, 0.25) is 0 Å². The lowest BCUT2D eigenvalue weighted by Crippen LogP contribution is -2.06. The molecule has 60 valence electrons. The fourth-order valence-corrected chi connectivity index (χ4v) is 0.970. The van der Waals surface area contributed by atoms with Crippen LogP contribution in [-0.2, 0) is 0 Å². The average molecular weight is 166 g/mol. The van der Waals surface area contributed by atoms with E-state index in [9.17, 15) is 8.78 Å². The van der Waals surface area contributed by atoms with Crippen LogP contribution in [0, 0.1) is 17.9 Å². The highest BCUT2D eigenvalue weighted by Crippen LogP contribution is 2.27. The molecule has 0 aromatic heterocycles. The Morgan fingerprint density at radius 2 is 2.00 bits per heavy atom. The molecule has 0 fully saturated rings. The topological polar surface area (TPSA) is 28.1 Å². The van der Waals surface area contributed by atoms with Gasteiger partial charge >= 0.3 is 0 Å². The molecular weight excluding hydrogens is 162 g/mol. The van der Waals surface area contributed by atoms with Crippen LogP contribution in [0.4, 0.5) is 8.78 Å². The largest absolute Gasteiger partial charge is 0.267 e. The number of hydrogen-bond donors (Lipinski definition) is 0. The van der Waals surface area contributed by atoms with Crippen molar-refractivity contribution in [1.82, 2.24) is 0 Å². The predicted octanol–water partition coefficient (Wildman–Crippen LogP) is 1.93. The van der Waals surface area contributed by atoms with Crippen molar-refractivity contribution in [2.24, 2.45) is 0 Å². The van der Waals surface area contributed by atoms with Gasteiger partial charge in [0.1, 0.15) is 12.3 Å². The number of nitriles is 1. The predicted molar refractivity (Wildman–Crippen MR) is 38.2 cm³/mol. The Kier molecular flexibility index (Phi) is 2.21. The van der Waals surface area contributed by atoms with Gasteiger partial charge in [-0.15, -0.1) is 0 Å². The lowest BCUT2D eigenvalue weighted by molar-refractivity contribution is 0.392. The van der Waals surface area contributed by atoms with E-state index in [0.717, 1.165) is 12.2 Å². The first kappa shape index (κ1) is 8.42. The van der Waals surface area contributed by atoms with Crippen LogP contribution in [-0.4, -0.2) is 12.3 Å². The molecule has 0 bridgehead atoms. The van der Waals surface area contributed by atoms with Crippen LogP contribution >= 0.6 is 0 Å². The third-order valence-corrected chi connectivity index (χ3v) is 1.53. The van der Waals surface area contributed by atoms with E-state index in [-0.39, 0.29) is 5.57 Å². The van der Waals surface area contributed by atoms with Gasteiger partial charge in [-0.05, 0) is 12.2 Å². The molecule has 0 aromatic rings. The van der Waals surface area contributed by atoms with E-state index in [4.69, 9.17) is 11.8 Å². The molecule has 1 aliphatic rings. The average Bonchev–Trinajstić information content (AvgIpc) is 2.38. The Morgan fingerprint density at radius 1 is 1.50 bits per heavy atom. The van der Waals surface area contributed by atoms with Gasteiger partial charge in [0.15, 0.2) is 0 Å². The zero-order chi connectivity index (χ0) is 9.14. The van der Waals surface area contributed by atoms with Crippen molar-refractivity contribution in [3.8, 4) is 6.07 Å². The summed E-state index contributed by atoms with van der Waals surface area (Å²) in [7, 11) is 0. The van der Waals surface area contributed by atoms with Crippen LogP contribution in [0.5, 0.6) is 0 Å². The van der Waals surface area contributed by atoms with E-state index in [1.165, 1.54) is 6.07 Å². The molecule has 2 unspecified atom stereocenters. The third kappa shape index (κ3) is 1.19. The van der Waals surface area contributed by atoms with Gasteiger partial charge in [0.05, 0.1) is 12.6 Å². The molecule has 0 amide bonds. The van der Waals surface area contributed by atoms with Gasteiger partial charge in [0.25, 0.3) is 5.70 Å². The lowest BCUT2D eigenvalue weighted by atomic mass is 10.1. The normalized spacial score (nSPS) is 26.5. The fraction of sp³-hybridized carbons (Fsp3) is 0.250. The fourth-order valence-electron chi connectivity index (χ4n) is 0.970. The van der Waals surface area contributed by atoms with Crippen molar-refractivity contribution < 1.29 is 8.78 Å². The molecule has 0 radical (unpaired) electrons. The Balaban J connectivity index is 3.13. The van der Waals surface area contributed by atoms with E-state index in [1.54, 1.807) is 0 Å². The highest BCUT2D eigenvalue weighted by Gasteiger charge is 2.28. The van der Waals surface area contributed by atoms with Gasteiger partial charge in [0.2, 0.25) is 0 Å². The second-order valence-corrected chi connectivity index (χ2v) is 2.22. The van der Waals surface area contributed by atoms with E-state index in [1.807, 2.05) is 0 Å². The lowest BCUT2D eigenvalue weighted by Gasteiger charge is -2.03. The highest BCUT2D eigenvalue weighted by molar-refractivity contribution is 5.44. The number of alkyl halides is 2. The molecule has 2 nitrogen and oxygen atoms in total. The maximum atomic E-state index is 12.8. The van der Waals surface area contributed by atoms with Gasteiger partial charge < -0.3 is 0 Å². The summed E-state index contributed by atoms with van der Waals surface area (Å²) in [6.45, 7) is 6.49. The molecule has 2 atom stereocenters. The summed E-state index contributed by atoms with van der Waals surface area (Å²) in [5.74, 6) is 0. The molecule has 0 spiro atoms. The molecule has 0 aliphatic heterocycles. The summed E-state index contributed by atoms with van der Waals surface area (Å²) in [4.78, 5) is 2.74. The molecule has 0 saturated carbocycles. The van der Waals surface area contributed by atoms with Crippen molar-refractivity contribution >= 4 is 0 Å². The summed E-state index contributed by atoms with van der Waals surface area (Å²) < 4.78 is 25.6. The van der Waals surface area contributed by atoms with Crippen LogP contribution in [0.1, 0.15) is 0 Å². The van der Waals surface area contributed by atoms with E-state index in [2.05, 4.69) is 4.85 Å². The number of hydrogen-bond acceptors (Lipinski definition) is 1. The van der Waals surface area contributed by atoms with Gasteiger partial charge in [-0.3, -0.25) is 0 Å². The SMILES string of the molecule is [C-]#[N+]C(C#N)=C1C(F)C=CC1F. The van der Waals surface area contributed by atoms with Crippen molar-refractivity contribution in [3.63, 3.8) is 0 Å². The number of halogens is 2. The minimum atomic E-state index is -1.62. The standard InChI is InChI=1S/C8H4F2N2/c1-12-7(4-11)8-5(9)2-3-6(8)10/h2-3,5-6H. The van der Waals surface area contributed by atoms with Gasteiger partial charge in [-0.2, -0.15) is 0 Å². The molecule has 0 saturated heterocycles. The molecular formula is C8H4F2N2. The number of allylic oxidation sites excluding steroid dienone is 4. The zero-order valence-electron chi connectivity index (χ0n) is 5.96. The molecule has 0 heterocycles. The second-order valence-electron chi connectivity index (χ2n) is 2.22. The van der Waals surface area contributed by atoms with Crippen molar-refractivity contribution in [3.05, 3.63) is 34.8 Å². The summed E-state index contributed by atoms with van der Waals surface area (Å²) in [5.41, 5.74) is -0.854. The molecule has 0 aromatic carbocycles. The van der Waals surface area contributed by atoms with E-state index < -0.39 is 18.0 Å². The Bertz CT molecular complexity index is 300. The van der Waals surface area contributed by atoms with Crippen LogP contribution in [0.25, 0.3) is 4.85 Å². The van der Waals surface area contributed by atoms with Crippen LogP contribution in [0.15, 0.2) is 23.4 Å². The highest BCUT2D eigenvalue weighted by atomic mass is 19.1. The molecule has 4 heteroatoms. The maximum Gasteiger partial charge on any atom is 0.267 e. The van der Waals surface area contributed by atoms with Gasteiger partial charge in [-0.1, -0.05) is 0 Å². The Hall–Kier alpha value is -1.68. The maximum absolute atomic E-state index is 12.8. The first-order valence-corrected chi connectivity index (χ1v) is 3.18. The van der Waals surface area contributed by atoms with Crippen molar-refractivity contribution in [1.29, 1.82) is 5.26 Å². The van der Waals surface area contributed by atoms with Gasteiger partial charge in [-0.25, -0.2) is 18.9 Å². The van der Waals surface area contributed by atoms with Crippen molar-refractivity contribution in [2.45, 2.75) is 12.3 Å². The molecule has 1 aliphatic carbocycles. The quantitative estimate of drug-likeness (QED) is 0.307. The first-order valence-electron chi connectivity index (χ1n) is 3.18. The van der Waals surface area contributed by atoms with Crippen LogP contribution in [0.3, 0.4) is 0 Å². The number of rotatable bonds is 0. The monoisotopic (exact) mass is 166 g/mol. The van der Waals surface area contributed by atoms with E-state index in [0.29, 0.717) is 0 Å². The third-order valence-electron chi connectivity index (χ3n) is 1.53. The molecule has 12 heavy (non-hydrogen) atoms. The number of nitrogens with zero attached hydrogens (tertiary/aromatic N) is 2. The van der Waals surface area contributed by atoms with Gasteiger partial charge in [0, 0.05) is 5.57 Å². The summed E-state index contributed by atoms with van der Waals surface area (Å²) in [6.07, 6.45) is -1.24. The minimum Gasteiger partial charge on any atom is -0.239 e. The Morgan fingerprint density at radius 3 is 2.33 bits per heavy atom. The minimum absolute atomic E-state index is 0.368. The summed E-state index contributed by atoms with van der Waals surface area (Å²) in [5, 5.41) is 8.34. The smallest absolute Gasteiger partial charge is 0.239 e. The first-order chi connectivity index (χ1) is 5.70. The summed E-state index contributed by atoms with van der Waals surface area (Å²) >= 11 is 0. The Labute approximate surface area is 68.2 Å². The summed E-state index contributed by atoms with van der Waals surface area (Å²) in [6, 6.07) is 1.46.